The fourth-order valence-electron chi connectivity index (χ4n) is 3.48. The lowest BCUT2D eigenvalue weighted by Crippen LogP contribution is -2.41. The van der Waals surface area contributed by atoms with Crippen molar-refractivity contribution in [2.24, 2.45) is 22.7 Å². The molecule has 1 aromatic rings. The molecule has 2 rings (SSSR count). The largest absolute Gasteiger partial charge is 0.469 e. The lowest BCUT2D eigenvalue weighted by molar-refractivity contribution is -0.145. The van der Waals surface area contributed by atoms with Crippen LogP contribution in [-0.2, 0) is 16.1 Å². The van der Waals surface area contributed by atoms with Crippen molar-refractivity contribution >= 4 is 35.9 Å². The van der Waals surface area contributed by atoms with Gasteiger partial charge in [-0.2, -0.15) is 5.10 Å². The fourth-order valence-corrected chi connectivity index (χ4v) is 3.48. The third kappa shape index (κ3) is 6.36. The van der Waals surface area contributed by atoms with E-state index in [0.717, 1.165) is 31.3 Å². The minimum atomic E-state index is -0.131. The maximum atomic E-state index is 11.9. The zero-order valence-corrected chi connectivity index (χ0v) is 19.7. The van der Waals surface area contributed by atoms with Gasteiger partial charge in [0.25, 0.3) is 0 Å². The van der Waals surface area contributed by atoms with Crippen LogP contribution in [0.15, 0.2) is 11.1 Å². The van der Waals surface area contributed by atoms with Gasteiger partial charge >= 0.3 is 5.97 Å². The Morgan fingerprint density at radius 3 is 2.70 bits per heavy atom. The molecule has 154 valence electrons. The van der Waals surface area contributed by atoms with Gasteiger partial charge in [0, 0.05) is 38.4 Å². The molecule has 0 radical (unpaired) electrons. The number of nitrogens with zero attached hydrogens (tertiary/aromatic N) is 4. The maximum absolute atomic E-state index is 11.9. The van der Waals surface area contributed by atoms with Crippen LogP contribution in [0.3, 0.4) is 0 Å². The van der Waals surface area contributed by atoms with E-state index in [9.17, 15) is 4.79 Å². The van der Waals surface area contributed by atoms with Gasteiger partial charge in [-0.25, -0.2) is 0 Å². The molecule has 0 bridgehead atoms. The summed E-state index contributed by atoms with van der Waals surface area (Å²) in [6, 6.07) is 2.10. The zero-order chi connectivity index (χ0) is 19.3. The number of methoxy groups -OCH3 is 1. The molecule has 0 aromatic carbocycles. The van der Waals surface area contributed by atoms with Crippen LogP contribution in [0, 0.1) is 31.6 Å². The Morgan fingerprint density at radius 2 is 2.15 bits per heavy atom. The smallest absolute Gasteiger partial charge is 0.310 e. The van der Waals surface area contributed by atoms with Crippen LogP contribution >= 0.6 is 24.0 Å². The Bertz CT molecular complexity index is 646. The molecule has 3 atom stereocenters. The maximum Gasteiger partial charge on any atom is 0.310 e. The Hall–Kier alpha value is -1.32. The molecule has 3 unspecified atom stereocenters. The number of carbonyl (C=O) groups is 1. The van der Waals surface area contributed by atoms with E-state index in [2.05, 4.69) is 49.1 Å². The number of hydrogen-bond donors (Lipinski definition) is 1. The summed E-state index contributed by atoms with van der Waals surface area (Å²) in [5.74, 6) is 1.30. The zero-order valence-electron chi connectivity index (χ0n) is 17.4. The molecule has 7 nitrogen and oxygen atoms in total. The average molecular weight is 491 g/mol. The van der Waals surface area contributed by atoms with Gasteiger partial charge in [-0.3, -0.25) is 14.5 Å². The van der Waals surface area contributed by atoms with Gasteiger partial charge < -0.3 is 15.0 Å². The standard InChI is InChI=1S/C19H33N5O2.HI/c1-7-20-19(23-11-14(3)17(12-23)18(25)26-6)21-9-13(2)10-24-16(5)8-15(4)22-24;/h8,13-14,17H,7,9-12H2,1-6H3,(H,20,21);1H. The summed E-state index contributed by atoms with van der Waals surface area (Å²) in [5, 5.41) is 7.89. The quantitative estimate of drug-likeness (QED) is 0.287. The molecule has 1 fully saturated rings. The molecule has 1 aliphatic rings. The van der Waals surface area contributed by atoms with Crippen molar-refractivity contribution in [1.82, 2.24) is 20.0 Å². The lowest BCUT2D eigenvalue weighted by atomic mass is 9.99. The predicted octanol–water partition coefficient (Wildman–Crippen LogP) is 2.46. The summed E-state index contributed by atoms with van der Waals surface area (Å²) < 4.78 is 6.98. The Kier molecular flexibility index (Phi) is 9.55. The Morgan fingerprint density at radius 1 is 1.44 bits per heavy atom. The highest BCUT2D eigenvalue weighted by molar-refractivity contribution is 14.0. The fraction of sp³-hybridized carbons (Fsp3) is 0.737. The lowest BCUT2D eigenvalue weighted by Gasteiger charge is -2.22. The molecular weight excluding hydrogens is 457 g/mol. The summed E-state index contributed by atoms with van der Waals surface area (Å²) in [6.45, 7) is 14.3. The minimum Gasteiger partial charge on any atom is -0.469 e. The number of guanidine groups is 1. The van der Waals surface area contributed by atoms with E-state index in [1.165, 1.54) is 12.8 Å². The van der Waals surface area contributed by atoms with E-state index >= 15 is 0 Å². The number of likely N-dealkylation sites (tertiary alicyclic amines) is 1. The third-order valence-corrected chi connectivity index (χ3v) is 4.89. The van der Waals surface area contributed by atoms with Gasteiger partial charge in [0.2, 0.25) is 0 Å². The molecule has 0 spiro atoms. The normalized spacial score (nSPS) is 21.0. The number of esters is 1. The van der Waals surface area contributed by atoms with Crippen molar-refractivity contribution in [1.29, 1.82) is 0 Å². The van der Waals surface area contributed by atoms with Gasteiger partial charge in [0.1, 0.15) is 0 Å². The molecular formula is C19H34IN5O2. The Balaban J connectivity index is 0.00000364. The highest BCUT2D eigenvalue weighted by Gasteiger charge is 2.36. The van der Waals surface area contributed by atoms with Crippen LogP contribution in [-0.4, -0.2) is 59.9 Å². The number of nitrogens with one attached hydrogen (secondary N) is 1. The number of carbonyl (C=O) groups excluding carboxylic acids is 1. The molecule has 1 aliphatic heterocycles. The van der Waals surface area contributed by atoms with Gasteiger partial charge in [0.05, 0.1) is 18.7 Å². The monoisotopic (exact) mass is 491 g/mol. The third-order valence-electron chi connectivity index (χ3n) is 4.89. The number of halogens is 1. The SMILES string of the molecule is CCNC(=NCC(C)Cn1nc(C)cc1C)N1CC(C)C(C(=O)OC)C1.I. The number of ether oxygens (including phenoxy) is 1. The molecule has 1 saturated heterocycles. The van der Waals surface area contributed by atoms with Crippen LogP contribution in [0.25, 0.3) is 0 Å². The van der Waals surface area contributed by atoms with Crippen molar-refractivity contribution in [3.8, 4) is 0 Å². The number of aliphatic imine (C=N–C) groups is 1. The average Bonchev–Trinajstić information content (AvgIpc) is 3.12. The molecule has 27 heavy (non-hydrogen) atoms. The molecule has 0 amide bonds. The van der Waals surface area contributed by atoms with Crippen molar-refractivity contribution in [3.63, 3.8) is 0 Å². The van der Waals surface area contributed by atoms with Gasteiger partial charge in [0.15, 0.2) is 5.96 Å². The first-order valence-electron chi connectivity index (χ1n) is 9.47. The van der Waals surface area contributed by atoms with E-state index < -0.39 is 0 Å². The summed E-state index contributed by atoms with van der Waals surface area (Å²) in [4.78, 5) is 18.9. The van der Waals surface area contributed by atoms with Crippen LogP contribution < -0.4 is 5.32 Å². The second-order valence-electron chi connectivity index (χ2n) is 7.42. The molecule has 2 heterocycles. The molecule has 1 N–H and O–H groups in total. The van der Waals surface area contributed by atoms with E-state index in [4.69, 9.17) is 9.73 Å². The molecule has 1 aromatic heterocycles. The van der Waals surface area contributed by atoms with Gasteiger partial charge in [-0.05, 0) is 38.7 Å². The summed E-state index contributed by atoms with van der Waals surface area (Å²) in [5.41, 5.74) is 2.23. The minimum absolute atomic E-state index is 0. The second kappa shape index (κ2) is 10.9. The number of rotatable bonds is 6. The van der Waals surface area contributed by atoms with Crippen LogP contribution in [0.4, 0.5) is 0 Å². The highest BCUT2D eigenvalue weighted by Crippen LogP contribution is 2.24. The summed E-state index contributed by atoms with van der Waals surface area (Å²) in [7, 11) is 1.46. The van der Waals surface area contributed by atoms with Crippen molar-refractivity contribution in [2.45, 2.75) is 41.2 Å². The van der Waals surface area contributed by atoms with Crippen LogP contribution in [0.1, 0.15) is 32.2 Å². The van der Waals surface area contributed by atoms with Crippen LogP contribution in [0.2, 0.25) is 0 Å². The van der Waals surface area contributed by atoms with E-state index in [1.54, 1.807) is 0 Å². The van der Waals surface area contributed by atoms with Gasteiger partial charge in [-0.1, -0.05) is 13.8 Å². The first-order valence-corrected chi connectivity index (χ1v) is 9.47. The van der Waals surface area contributed by atoms with Crippen molar-refractivity contribution < 1.29 is 9.53 Å². The molecule has 0 aliphatic carbocycles. The molecule has 0 saturated carbocycles. The van der Waals surface area contributed by atoms with Crippen LogP contribution in [0.5, 0.6) is 0 Å². The topological polar surface area (TPSA) is 71.8 Å². The first kappa shape index (κ1) is 23.7. The number of aryl methyl sites for hydroxylation is 2. The van der Waals surface area contributed by atoms with Crippen molar-refractivity contribution in [2.75, 3.05) is 33.3 Å². The molecule has 8 heteroatoms. The van der Waals surface area contributed by atoms with E-state index in [1.807, 2.05) is 11.6 Å². The highest BCUT2D eigenvalue weighted by atomic mass is 127. The predicted molar refractivity (Wildman–Crippen MR) is 119 cm³/mol. The number of aromatic nitrogens is 2. The summed E-state index contributed by atoms with van der Waals surface area (Å²) in [6.07, 6.45) is 0. The Labute approximate surface area is 179 Å². The second-order valence-corrected chi connectivity index (χ2v) is 7.42. The van der Waals surface area contributed by atoms with Crippen molar-refractivity contribution in [3.05, 3.63) is 17.5 Å². The number of hydrogen-bond acceptors (Lipinski definition) is 4. The van der Waals surface area contributed by atoms with E-state index in [-0.39, 0.29) is 41.8 Å². The van der Waals surface area contributed by atoms with Gasteiger partial charge in [-0.15, -0.1) is 24.0 Å². The first-order chi connectivity index (χ1) is 12.3. The summed E-state index contributed by atoms with van der Waals surface area (Å²) >= 11 is 0. The van der Waals surface area contributed by atoms with E-state index in [0.29, 0.717) is 19.0 Å².